The van der Waals surface area contributed by atoms with Crippen molar-refractivity contribution in [3.05, 3.63) is 52.5 Å². The quantitative estimate of drug-likeness (QED) is 0.377. The minimum Gasteiger partial charge on any atom is -0.355 e. The highest BCUT2D eigenvalue weighted by Gasteiger charge is 2.18. The lowest BCUT2D eigenvalue weighted by atomic mass is 10.3. The second-order valence-corrected chi connectivity index (χ2v) is 7.79. The molecule has 0 aliphatic rings. The number of hydrogen-bond acceptors (Lipinski definition) is 4. The Labute approximate surface area is 162 Å². The first-order valence-electron chi connectivity index (χ1n) is 6.97. The van der Waals surface area contributed by atoms with Crippen molar-refractivity contribution in [1.29, 1.82) is 0 Å². The van der Waals surface area contributed by atoms with E-state index in [4.69, 9.17) is 0 Å². The zero-order chi connectivity index (χ0) is 16.7. The summed E-state index contributed by atoms with van der Waals surface area (Å²) in [6.07, 6.45) is 0. The summed E-state index contributed by atoms with van der Waals surface area (Å²) < 4.78 is 37.8. The van der Waals surface area contributed by atoms with Gasteiger partial charge < -0.3 is 10.6 Å². The molecule has 1 aromatic heterocycles. The summed E-state index contributed by atoms with van der Waals surface area (Å²) in [5.41, 5.74) is 0. The summed E-state index contributed by atoms with van der Waals surface area (Å²) >= 11 is 1.62. The van der Waals surface area contributed by atoms with Crippen molar-refractivity contribution in [3.8, 4) is 0 Å². The van der Waals surface area contributed by atoms with E-state index in [0.29, 0.717) is 12.5 Å². The van der Waals surface area contributed by atoms with E-state index in [9.17, 15) is 12.8 Å². The van der Waals surface area contributed by atoms with E-state index in [2.05, 4.69) is 15.6 Å². The molecule has 9 heteroatoms. The van der Waals surface area contributed by atoms with Gasteiger partial charge in [-0.3, -0.25) is 4.99 Å². The lowest BCUT2D eigenvalue weighted by Gasteiger charge is -2.11. The zero-order valence-electron chi connectivity index (χ0n) is 13.0. The average molecular weight is 483 g/mol. The molecule has 0 radical (unpaired) electrons. The second-order valence-electron chi connectivity index (χ2n) is 4.68. The van der Waals surface area contributed by atoms with Crippen molar-refractivity contribution >= 4 is 51.1 Å². The lowest BCUT2D eigenvalue weighted by Crippen LogP contribution is -2.39. The van der Waals surface area contributed by atoms with Gasteiger partial charge in [0.1, 0.15) is 10.7 Å². The van der Waals surface area contributed by atoms with Gasteiger partial charge in [0.15, 0.2) is 15.8 Å². The first-order chi connectivity index (χ1) is 11.0. The number of benzene rings is 1. The van der Waals surface area contributed by atoms with Gasteiger partial charge in [0.05, 0.1) is 12.3 Å². The molecular formula is C15H19FIN3O2S2. The van der Waals surface area contributed by atoms with Crippen LogP contribution in [0.4, 0.5) is 4.39 Å². The van der Waals surface area contributed by atoms with E-state index in [1.54, 1.807) is 18.4 Å². The minimum atomic E-state index is -3.67. The largest absolute Gasteiger partial charge is 0.355 e. The predicted molar refractivity (Wildman–Crippen MR) is 106 cm³/mol. The highest BCUT2D eigenvalue weighted by molar-refractivity contribution is 14.0. The SMILES string of the molecule is CN=C(NCCS(=O)(=O)c1ccccc1F)NCc1cccs1.I. The van der Waals surface area contributed by atoms with E-state index < -0.39 is 15.7 Å². The van der Waals surface area contributed by atoms with Gasteiger partial charge in [0.2, 0.25) is 0 Å². The van der Waals surface area contributed by atoms with Gasteiger partial charge in [0, 0.05) is 18.5 Å². The van der Waals surface area contributed by atoms with Crippen LogP contribution in [-0.2, 0) is 16.4 Å². The molecular weight excluding hydrogens is 464 g/mol. The van der Waals surface area contributed by atoms with E-state index in [1.807, 2.05) is 17.5 Å². The van der Waals surface area contributed by atoms with Gasteiger partial charge in [-0.2, -0.15) is 0 Å². The fourth-order valence-electron chi connectivity index (χ4n) is 1.92. The van der Waals surface area contributed by atoms with Crippen LogP contribution in [-0.4, -0.2) is 33.7 Å². The topological polar surface area (TPSA) is 70.6 Å². The van der Waals surface area contributed by atoms with Crippen LogP contribution in [0.15, 0.2) is 51.7 Å². The van der Waals surface area contributed by atoms with Crippen molar-refractivity contribution in [2.75, 3.05) is 19.3 Å². The van der Waals surface area contributed by atoms with Crippen LogP contribution in [0, 0.1) is 5.82 Å². The molecule has 5 nitrogen and oxygen atoms in total. The number of nitrogens with zero attached hydrogens (tertiary/aromatic N) is 1. The normalized spacial score (nSPS) is 11.7. The highest BCUT2D eigenvalue weighted by atomic mass is 127. The van der Waals surface area contributed by atoms with Gasteiger partial charge in [-0.25, -0.2) is 12.8 Å². The van der Waals surface area contributed by atoms with Crippen molar-refractivity contribution < 1.29 is 12.8 Å². The zero-order valence-corrected chi connectivity index (χ0v) is 17.0. The molecule has 1 heterocycles. The molecule has 1 aromatic carbocycles. The molecule has 0 saturated carbocycles. The molecule has 132 valence electrons. The predicted octanol–water partition coefficient (Wildman–Crippen LogP) is 2.64. The summed E-state index contributed by atoms with van der Waals surface area (Å²) in [6, 6.07) is 9.33. The van der Waals surface area contributed by atoms with E-state index >= 15 is 0 Å². The molecule has 0 bridgehead atoms. The van der Waals surface area contributed by atoms with Gasteiger partial charge in [-0.1, -0.05) is 18.2 Å². The summed E-state index contributed by atoms with van der Waals surface area (Å²) in [5.74, 6) is -0.442. The Morgan fingerprint density at radius 2 is 1.96 bits per heavy atom. The Kier molecular flexibility index (Phi) is 8.63. The van der Waals surface area contributed by atoms with Gasteiger partial charge in [0.25, 0.3) is 0 Å². The molecule has 0 amide bonds. The smallest absolute Gasteiger partial charge is 0.191 e. The maximum Gasteiger partial charge on any atom is 0.191 e. The van der Waals surface area contributed by atoms with Gasteiger partial charge in [-0.05, 0) is 23.6 Å². The van der Waals surface area contributed by atoms with E-state index in [1.165, 1.54) is 18.2 Å². The molecule has 0 fully saturated rings. The Balaban J connectivity index is 0.00000288. The maximum atomic E-state index is 13.6. The Morgan fingerprint density at radius 3 is 2.58 bits per heavy atom. The summed E-state index contributed by atoms with van der Waals surface area (Å²) in [4.78, 5) is 4.90. The Morgan fingerprint density at radius 1 is 1.21 bits per heavy atom. The average Bonchev–Trinajstić information content (AvgIpc) is 3.04. The number of aliphatic imine (C=N–C) groups is 1. The van der Waals surface area contributed by atoms with Crippen molar-refractivity contribution in [3.63, 3.8) is 0 Å². The number of rotatable bonds is 6. The second kappa shape index (κ2) is 9.94. The number of hydrogen-bond donors (Lipinski definition) is 2. The number of thiophene rings is 1. The maximum absolute atomic E-state index is 13.6. The summed E-state index contributed by atoms with van der Waals surface area (Å²) in [5, 5.41) is 7.99. The Bertz CT molecular complexity index is 765. The van der Waals surface area contributed by atoms with Crippen molar-refractivity contribution in [1.82, 2.24) is 10.6 Å². The molecule has 2 N–H and O–H groups in total. The number of halogens is 2. The van der Waals surface area contributed by atoms with Crippen LogP contribution < -0.4 is 10.6 Å². The number of nitrogens with one attached hydrogen (secondary N) is 2. The molecule has 0 spiro atoms. The standard InChI is InChI=1S/C15H18FN3O2S2.HI/c1-17-15(19-11-12-5-4-9-22-12)18-8-10-23(20,21)14-7-3-2-6-13(14)16;/h2-7,9H,8,10-11H2,1H3,(H2,17,18,19);1H. The van der Waals surface area contributed by atoms with Crippen LogP contribution in [0.1, 0.15) is 4.88 Å². The fraction of sp³-hybridized carbons (Fsp3) is 0.267. The van der Waals surface area contributed by atoms with Crippen LogP contribution >= 0.6 is 35.3 Å². The molecule has 0 aliphatic carbocycles. The van der Waals surface area contributed by atoms with E-state index in [0.717, 1.165) is 10.9 Å². The van der Waals surface area contributed by atoms with Crippen LogP contribution in [0.2, 0.25) is 0 Å². The van der Waals surface area contributed by atoms with E-state index in [-0.39, 0.29) is 41.2 Å². The van der Waals surface area contributed by atoms with Crippen LogP contribution in [0.25, 0.3) is 0 Å². The number of guanidine groups is 1. The first kappa shape index (κ1) is 20.8. The van der Waals surface area contributed by atoms with Gasteiger partial charge in [-0.15, -0.1) is 35.3 Å². The molecule has 2 rings (SSSR count). The van der Waals surface area contributed by atoms with Gasteiger partial charge >= 0.3 is 0 Å². The molecule has 0 atom stereocenters. The Hall–Kier alpha value is -1.20. The van der Waals surface area contributed by atoms with Crippen molar-refractivity contribution in [2.45, 2.75) is 11.4 Å². The molecule has 0 aliphatic heterocycles. The van der Waals surface area contributed by atoms with Crippen LogP contribution in [0.5, 0.6) is 0 Å². The minimum absolute atomic E-state index is 0. The van der Waals surface area contributed by atoms with Crippen molar-refractivity contribution in [2.24, 2.45) is 4.99 Å². The third-order valence-corrected chi connectivity index (χ3v) is 5.69. The molecule has 2 aromatic rings. The molecule has 0 saturated heterocycles. The summed E-state index contributed by atoms with van der Waals surface area (Å²) in [6.45, 7) is 0.748. The monoisotopic (exact) mass is 483 g/mol. The highest BCUT2D eigenvalue weighted by Crippen LogP contribution is 2.14. The molecule has 0 unspecified atom stereocenters. The summed E-state index contributed by atoms with van der Waals surface area (Å²) in [7, 11) is -2.06. The van der Waals surface area contributed by atoms with Crippen LogP contribution in [0.3, 0.4) is 0 Å². The lowest BCUT2D eigenvalue weighted by molar-refractivity contribution is 0.566. The molecule has 24 heavy (non-hydrogen) atoms. The third-order valence-electron chi connectivity index (χ3n) is 3.07. The fourth-order valence-corrected chi connectivity index (χ4v) is 3.80. The number of sulfone groups is 1. The third kappa shape index (κ3) is 6.02. The first-order valence-corrected chi connectivity index (χ1v) is 9.50.